The number of likely N-dealkylation sites (N-methyl/N-ethyl adjacent to an activating group) is 1. The van der Waals surface area contributed by atoms with Gasteiger partial charge in [0.1, 0.15) is 11.6 Å². The van der Waals surface area contributed by atoms with Crippen LogP contribution in [0, 0.1) is 0 Å². The van der Waals surface area contributed by atoms with Gasteiger partial charge < -0.3 is 19.3 Å². The van der Waals surface area contributed by atoms with Crippen LogP contribution in [0.15, 0.2) is 24.3 Å². The molecule has 25 heavy (non-hydrogen) atoms. The molecule has 0 N–H and O–H groups in total. The van der Waals surface area contributed by atoms with Crippen LogP contribution in [-0.4, -0.2) is 67.2 Å². The second-order valence-corrected chi connectivity index (χ2v) is 6.60. The maximum Gasteiger partial charge on any atom is 0.242 e. The maximum absolute atomic E-state index is 12.3. The molecule has 0 radical (unpaired) electrons. The van der Waals surface area contributed by atoms with Crippen LogP contribution in [0.3, 0.4) is 0 Å². The lowest BCUT2D eigenvalue weighted by Gasteiger charge is -2.28. The highest BCUT2D eigenvalue weighted by Gasteiger charge is 2.20. The average Bonchev–Trinajstić information content (AvgIpc) is 3.11. The second-order valence-electron chi connectivity index (χ2n) is 5.87. The number of hydrogen-bond donors (Lipinski definition) is 0. The molecule has 2 heterocycles. The Hall–Kier alpha value is -2.19. The van der Waals surface area contributed by atoms with Crippen LogP contribution in [0.5, 0.6) is 5.75 Å². The summed E-state index contributed by atoms with van der Waals surface area (Å²) in [5.41, 5.74) is 1.09. The van der Waals surface area contributed by atoms with Crippen LogP contribution in [0.1, 0.15) is 11.4 Å². The molecular weight excluding hydrogens is 340 g/mol. The zero-order valence-corrected chi connectivity index (χ0v) is 15.3. The van der Waals surface area contributed by atoms with E-state index in [0.717, 1.165) is 22.3 Å². The van der Waals surface area contributed by atoms with Crippen LogP contribution >= 0.6 is 11.5 Å². The Morgan fingerprint density at radius 1 is 1.40 bits per heavy atom. The number of morpholine rings is 1. The molecule has 1 amide bonds. The molecule has 1 aromatic carbocycles. The standard InChI is InChI=1S/C17H22N4O3S/c1-20(12-16(22)21-6-8-24-9-7-21)17-18-15(19-25-17)11-13-4-3-5-14(10-13)23-2/h3-5,10H,6-9,11-12H2,1-2H3. The van der Waals surface area contributed by atoms with Gasteiger partial charge in [-0.3, -0.25) is 4.79 Å². The topological polar surface area (TPSA) is 67.8 Å². The molecule has 2 aromatic rings. The third-order valence-electron chi connectivity index (χ3n) is 4.02. The predicted molar refractivity (Wildman–Crippen MR) is 96.4 cm³/mol. The molecule has 1 aliphatic rings. The third kappa shape index (κ3) is 4.67. The van der Waals surface area contributed by atoms with Crippen molar-refractivity contribution in [3.05, 3.63) is 35.7 Å². The van der Waals surface area contributed by atoms with Crippen LogP contribution in [0.2, 0.25) is 0 Å². The van der Waals surface area contributed by atoms with Crippen molar-refractivity contribution in [1.29, 1.82) is 0 Å². The highest BCUT2D eigenvalue weighted by atomic mass is 32.1. The predicted octanol–water partition coefficient (Wildman–Crippen LogP) is 1.43. The first kappa shape index (κ1) is 17.6. The number of methoxy groups -OCH3 is 1. The molecule has 0 aliphatic carbocycles. The Morgan fingerprint density at radius 2 is 2.20 bits per heavy atom. The minimum atomic E-state index is 0.0929. The quantitative estimate of drug-likeness (QED) is 0.774. The van der Waals surface area contributed by atoms with Crippen molar-refractivity contribution in [3.63, 3.8) is 0 Å². The largest absolute Gasteiger partial charge is 0.497 e. The van der Waals surface area contributed by atoms with E-state index in [2.05, 4.69) is 9.36 Å². The molecule has 0 bridgehead atoms. The number of amides is 1. The Balaban J connectivity index is 1.59. The first-order chi connectivity index (χ1) is 12.2. The third-order valence-corrected chi connectivity index (χ3v) is 4.88. The number of nitrogens with zero attached hydrogens (tertiary/aromatic N) is 4. The molecule has 0 atom stereocenters. The Kier molecular flexibility index (Phi) is 5.83. The number of ether oxygens (including phenoxy) is 2. The number of rotatable bonds is 6. The monoisotopic (exact) mass is 362 g/mol. The first-order valence-corrected chi connectivity index (χ1v) is 8.95. The van der Waals surface area contributed by atoms with Crippen molar-refractivity contribution in [2.24, 2.45) is 0 Å². The van der Waals surface area contributed by atoms with Crippen molar-refractivity contribution in [3.8, 4) is 5.75 Å². The summed E-state index contributed by atoms with van der Waals surface area (Å²) < 4.78 is 14.9. The van der Waals surface area contributed by atoms with Crippen LogP contribution in [0.25, 0.3) is 0 Å². The van der Waals surface area contributed by atoms with Gasteiger partial charge in [-0.1, -0.05) is 12.1 Å². The van der Waals surface area contributed by atoms with E-state index < -0.39 is 0 Å². The Bertz CT molecular complexity index is 715. The molecular formula is C17H22N4O3S. The SMILES string of the molecule is COc1cccc(Cc2nsc(N(C)CC(=O)N3CCOCC3)n2)c1. The van der Waals surface area contributed by atoms with Gasteiger partial charge in [-0.15, -0.1) is 0 Å². The first-order valence-electron chi connectivity index (χ1n) is 8.18. The van der Waals surface area contributed by atoms with Gasteiger partial charge in [0.05, 0.1) is 26.9 Å². The molecule has 8 heteroatoms. The second kappa shape index (κ2) is 8.26. The zero-order valence-electron chi connectivity index (χ0n) is 14.5. The minimum absolute atomic E-state index is 0.0929. The van der Waals surface area contributed by atoms with Crippen LogP contribution < -0.4 is 9.64 Å². The van der Waals surface area contributed by atoms with E-state index in [-0.39, 0.29) is 5.91 Å². The summed E-state index contributed by atoms with van der Waals surface area (Å²) in [7, 11) is 3.52. The fourth-order valence-electron chi connectivity index (χ4n) is 2.62. The number of hydrogen-bond acceptors (Lipinski definition) is 7. The molecule has 134 valence electrons. The van der Waals surface area contributed by atoms with Crippen LogP contribution in [-0.2, 0) is 16.0 Å². The summed E-state index contributed by atoms with van der Waals surface area (Å²) in [5.74, 6) is 1.66. The Labute approximate surface area is 151 Å². The lowest BCUT2D eigenvalue weighted by Crippen LogP contribution is -2.45. The summed E-state index contributed by atoms with van der Waals surface area (Å²) in [6, 6.07) is 7.87. The summed E-state index contributed by atoms with van der Waals surface area (Å²) in [6.45, 7) is 2.83. The number of benzene rings is 1. The number of anilines is 1. The smallest absolute Gasteiger partial charge is 0.242 e. The van der Waals surface area contributed by atoms with Gasteiger partial charge in [-0.2, -0.15) is 4.37 Å². The number of carbonyl (C=O) groups excluding carboxylic acids is 1. The molecule has 0 spiro atoms. The van der Waals surface area contributed by atoms with Crippen LogP contribution in [0.4, 0.5) is 5.13 Å². The number of aromatic nitrogens is 2. The summed E-state index contributed by atoms with van der Waals surface area (Å²) in [6.07, 6.45) is 0.638. The minimum Gasteiger partial charge on any atom is -0.497 e. The average molecular weight is 362 g/mol. The summed E-state index contributed by atoms with van der Waals surface area (Å²) in [5, 5.41) is 0.750. The van der Waals surface area contributed by atoms with E-state index in [1.54, 1.807) is 7.11 Å². The lowest BCUT2D eigenvalue weighted by atomic mass is 10.1. The van der Waals surface area contributed by atoms with E-state index in [9.17, 15) is 4.79 Å². The number of carbonyl (C=O) groups is 1. The Morgan fingerprint density at radius 3 is 2.96 bits per heavy atom. The van der Waals surface area contributed by atoms with Gasteiger partial charge in [0, 0.05) is 38.1 Å². The van der Waals surface area contributed by atoms with Crippen molar-refractivity contribution in [1.82, 2.24) is 14.3 Å². The highest BCUT2D eigenvalue weighted by molar-refractivity contribution is 7.09. The van der Waals surface area contributed by atoms with Gasteiger partial charge >= 0.3 is 0 Å². The van der Waals surface area contributed by atoms with E-state index in [1.807, 2.05) is 41.1 Å². The molecule has 7 nitrogen and oxygen atoms in total. The molecule has 1 fully saturated rings. The van der Waals surface area contributed by atoms with E-state index in [1.165, 1.54) is 11.5 Å². The highest BCUT2D eigenvalue weighted by Crippen LogP contribution is 2.20. The van der Waals surface area contributed by atoms with Gasteiger partial charge in [0.15, 0.2) is 0 Å². The van der Waals surface area contributed by atoms with Gasteiger partial charge in [-0.25, -0.2) is 4.98 Å². The van der Waals surface area contributed by atoms with E-state index in [0.29, 0.717) is 39.3 Å². The van der Waals surface area contributed by atoms with E-state index >= 15 is 0 Å². The molecule has 0 saturated carbocycles. The summed E-state index contributed by atoms with van der Waals surface area (Å²) in [4.78, 5) is 20.6. The van der Waals surface area contributed by atoms with Gasteiger partial charge in [0.25, 0.3) is 0 Å². The van der Waals surface area contributed by atoms with Crippen molar-refractivity contribution < 1.29 is 14.3 Å². The maximum atomic E-state index is 12.3. The lowest BCUT2D eigenvalue weighted by molar-refractivity contribution is -0.133. The zero-order chi connectivity index (χ0) is 17.6. The molecule has 0 unspecified atom stereocenters. The van der Waals surface area contributed by atoms with Crippen molar-refractivity contribution in [2.75, 3.05) is 51.9 Å². The summed E-state index contributed by atoms with van der Waals surface area (Å²) >= 11 is 1.31. The fourth-order valence-corrected chi connectivity index (χ4v) is 3.26. The molecule has 1 saturated heterocycles. The molecule has 1 aliphatic heterocycles. The van der Waals surface area contributed by atoms with Crippen molar-refractivity contribution >= 4 is 22.6 Å². The normalized spacial score (nSPS) is 14.4. The van der Waals surface area contributed by atoms with Gasteiger partial charge in [-0.05, 0) is 17.7 Å². The molecule has 3 rings (SSSR count). The molecule has 1 aromatic heterocycles. The fraction of sp³-hybridized carbons (Fsp3) is 0.471. The van der Waals surface area contributed by atoms with E-state index in [4.69, 9.17) is 9.47 Å². The van der Waals surface area contributed by atoms with Gasteiger partial charge in [0.2, 0.25) is 11.0 Å². The van der Waals surface area contributed by atoms with Crippen molar-refractivity contribution in [2.45, 2.75) is 6.42 Å².